The number of carboxylic acids is 1. The fraction of sp³-hybridized carbons (Fsp3) is 0.778. The van der Waals surface area contributed by atoms with E-state index in [1.165, 1.54) is 13.8 Å². The van der Waals surface area contributed by atoms with E-state index in [9.17, 15) is 18.0 Å². The van der Waals surface area contributed by atoms with E-state index in [1.807, 2.05) is 0 Å². The number of carboxylic acid groups (broad SMARTS) is 1. The maximum atomic E-state index is 11.9. The molecule has 0 radical (unpaired) electrons. The number of rotatable bonds is 5. The molecule has 16 heavy (non-hydrogen) atoms. The van der Waals surface area contributed by atoms with E-state index in [0.29, 0.717) is 0 Å². The zero-order valence-corrected chi connectivity index (χ0v) is 10.7. The highest BCUT2D eigenvalue weighted by Crippen LogP contribution is 2.18. The van der Waals surface area contributed by atoms with Gasteiger partial charge in [0, 0.05) is 12.8 Å². The van der Waals surface area contributed by atoms with E-state index >= 15 is 0 Å². The van der Waals surface area contributed by atoms with E-state index in [1.54, 1.807) is 6.92 Å². The van der Waals surface area contributed by atoms with Crippen LogP contribution in [0.15, 0.2) is 0 Å². The van der Waals surface area contributed by atoms with Gasteiger partial charge in [0.25, 0.3) is 0 Å². The minimum atomic E-state index is -3.58. The van der Waals surface area contributed by atoms with Crippen LogP contribution in [0.4, 0.5) is 0 Å². The summed E-state index contributed by atoms with van der Waals surface area (Å²) in [5.74, 6) is -1.86. The molecule has 0 unspecified atom stereocenters. The summed E-state index contributed by atoms with van der Waals surface area (Å²) in [5, 5.41) is 8.59. The molecule has 0 aromatic heterocycles. The Labute approximate surface area is 95.2 Å². The average Bonchev–Trinajstić information content (AvgIpc) is 2.10. The molecule has 94 valence electrons. The molecular weight excluding hydrogens is 234 g/mol. The van der Waals surface area contributed by atoms with E-state index in [2.05, 4.69) is 0 Å². The second kappa shape index (κ2) is 4.82. The molecule has 0 spiro atoms. The van der Waals surface area contributed by atoms with Crippen molar-refractivity contribution in [3.8, 4) is 0 Å². The van der Waals surface area contributed by atoms with Crippen molar-refractivity contribution in [2.24, 2.45) is 0 Å². The van der Waals surface area contributed by atoms with Gasteiger partial charge in [0.2, 0.25) is 5.91 Å². The molecule has 1 amide bonds. The number of sulfone groups is 1. The Kier molecular flexibility index (Phi) is 4.48. The summed E-state index contributed by atoms with van der Waals surface area (Å²) in [6.45, 7) is 3.81. The molecule has 6 nitrogen and oxygen atoms in total. The van der Waals surface area contributed by atoms with Crippen molar-refractivity contribution >= 4 is 21.7 Å². The van der Waals surface area contributed by atoms with E-state index in [-0.39, 0.29) is 6.54 Å². The van der Waals surface area contributed by atoms with Crippen molar-refractivity contribution < 1.29 is 23.1 Å². The van der Waals surface area contributed by atoms with Gasteiger partial charge in [-0.25, -0.2) is 8.42 Å². The van der Waals surface area contributed by atoms with Gasteiger partial charge in [-0.3, -0.25) is 9.59 Å². The summed E-state index contributed by atoms with van der Waals surface area (Å²) < 4.78 is 21.2. The van der Waals surface area contributed by atoms with Crippen LogP contribution in [0.2, 0.25) is 0 Å². The lowest BCUT2D eigenvalue weighted by Gasteiger charge is -2.28. The Morgan fingerprint density at radius 3 is 2.00 bits per heavy atom. The Morgan fingerprint density at radius 1 is 1.31 bits per heavy atom. The fourth-order valence-electron chi connectivity index (χ4n) is 1.03. The molecule has 0 heterocycles. The Morgan fingerprint density at radius 2 is 1.75 bits per heavy atom. The van der Waals surface area contributed by atoms with E-state index in [0.717, 1.165) is 11.2 Å². The first-order valence-electron chi connectivity index (χ1n) is 4.74. The van der Waals surface area contributed by atoms with Gasteiger partial charge in [0.05, 0.1) is 0 Å². The average molecular weight is 251 g/mol. The van der Waals surface area contributed by atoms with Crippen LogP contribution < -0.4 is 0 Å². The van der Waals surface area contributed by atoms with Crippen LogP contribution in [0.1, 0.15) is 20.8 Å². The standard InChI is InChI=1S/C9H17NO5S/c1-5-10(6-7(11)12)8(13)9(2,3)16(4,14)15/h5-6H2,1-4H3,(H,11,12). The van der Waals surface area contributed by atoms with Crippen LogP contribution in [0, 0.1) is 0 Å². The number of carbonyl (C=O) groups is 2. The van der Waals surface area contributed by atoms with Gasteiger partial charge < -0.3 is 10.0 Å². The lowest BCUT2D eigenvalue weighted by molar-refractivity contribution is -0.145. The number of hydrogen-bond donors (Lipinski definition) is 1. The minimum absolute atomic E-state index is 0.157. The maximum absolute atomic E-state index is 11.9. The van der Waals surface area contributed by atoms with Gasteiger partial charge in [-0.2, -0.15) is 0 Å². The van der Waals surface area contributed by atoms with Crippen LogP contribution in [-0.4, -0.2) is 54.4 Å². The highest BCUT2D eigenvalue weighted by Gasteiger charge is 2.41. The van der Waals surface area contributed by atoms with Gasteiger partial charge in [0.1, 0.15) is 11.3 Å². The molecule has 0 atom stereocenters. The van der Waals surface area contributed by atoms with Gasteiger partial charge in [-0.15, -0.1) is 0 Å². The number of likely N-dealkylation sites (N-methyl/N-ethyl adjacent to an activating group) is 1. The summed E-state index contributed by atoms with van der Waals surface area (Å²) in [4.78, 5) is 23.4. The third-order valence-corrected chi connectivity index (χ3v) is 4.47. The van der Waals surface area contributed by atoms with Crippen molar-refractivity contribution in [2.75, 3.05) is 19.3 Å². The number of carbonyl (C=O) groups excluding carboxylic acids is 1. The Bertz CT molecular complexity index is 385. The first-order valence-corrected chi connectivity index (χ1v) is 6.64. The normalized spacial score (nSPS) is 12.2. The molecule has 7 heteroatoms. The largest absolute Gasteiger partial charge is 0.480 e. The van der Waals surface area contributed by atoms with Crippen LogP contribution in [0.25, 0.3) is 0 Å². The van der Waals surface area contributed by atoms with Gasteiger partial charge in [-0.05, 0) is 20.8 Å². The summed E-state index contributed by atoms with van der Waals surface area (Å²) in [5.41, 5.74) is 0. The molecule has 0 aliphatic carbocycles. The predicted molar refractivity (Wildman–Crippen MR) is 58.8 cm³/mol. The van der Waals surface area contributed by atoms with E-state index in [4.69, 9.17) is 5.11 Å². The third-order valence-electron chi connectivity index (χ3n) is 2.44. The zero-order valence-electron chi connectivity index (χ0n) is 9.85. The number of aliphatic carboxylic acids is 1. The molecular formula is C9H17NO5S. The summed E-state index contributed by atoms with van der Waals surface area (Å²) in [6, 6.07) is 0. The number of amides is 1. The fourth-order valence-corrected chi connectivity index (χ4v) is 1.48. The van der Waals surface area contributed by atoms with Crippen LogP contribution >= 0.6 is 0 Å². The molecule has 0 saturated heterocycles. The summed E-state index contributed by atoms with van der Waals surface area (Å²) >= 11 is 0. The van der Waals surface area contributed by atoms with Crippen molar-refractivity contribution in [1.29, 1.82) is 0 Å². The molecule has 0 fully saturated rings. The maximum Gasteiger partial charge on any atom is 0.323 e. The zero-order chi connectivity index (χ0) is 13.1. The summed E-state index contributed by atoms with van der Waals surface area (Å²) in [7, 11) is -3.58. The first kappa shape index (κ1) is 14.9. The molecule has 0 aliphatic rings. The minimum Gasteiger partial charge on any atom is -0.480 e. The topological polar surface area (TPSA) is 91.8 Å². The lowest BCUT2D eigenvalue weighted by atomic mass is 10.1. The van der Waals surface area contributed by atoms with Crippen molar-refractivity contribution in [3.05, 3.63) is 0 Å². The molecule has 0 aromatic carbocycles. The number of hydrogen-bond acceptors (Lipinski definition) is 4. The molecule has 0 bridgehead atoms. The number of nitrogens with zero attached hydrogens (tertiary/aromatic N) is 1. The SMILES string of the molecule is CCN(CC(=O)O)C(=O)C(C)(C)S(C)(=O)=O. The molecule has 0 rings (SSSR count). The smallest absolute Gasteiger partial charge is 0.323 e. The Hall–Kier alpha value is -1.11. The van der Waals surface area contributed by atoms with Crippen LogP contribution in [0.5, 0.6) is 0 Å². The van der Waals surface area contributed by atoms with Gasteiger partial charge in [-0.1, -0.05) is 0 Å². The monoisotopic (exact) mass is 251 g/mol. The van der Waals surface area contributed by atoms with Gasteiger partial charge in [0.15, 0.2) is 9.84 Å². The first-order chi connectivity index (χ1) is 7.04. The second-order valence-corrected chi connectivity index (χ2v) is 6.56. The van der Waals surface area contributed by atoms with Crippen molar-refractivity contribution in [3.63, 3.8) is 0 Å². The predicted octanol–water partition coefficient (Wildman–Crippen LogP) is -0.257. The Balaban J connectivity index is 5.10. The van der Waals surface area contributed by atoms with Crippen molar-refractivity contribution in [1.82, 2.24) is 4.90 Å². The highest BCUT2D eigenvalue weighted by atomic mass is 32.2. The molecule has 1 N–H and O–H groups in total. The molecule has 0 aromatic rings. The molecule has 0 saturated carbocycles. The quantitative estimate of drug-likeness (QED) is 0.727. The molecule has 0 aliphatic heterocycles. The highest BCUT2D eigenvalue weighted by molar-refractivity contribution is 7.92. The van der Waals surface area contributed by atoms with Crippen LogP contribution in [-0.2, 0) is 19.4 Å². The summed E-state index contributed by atoms with van der Waals surface area (Å²) in [6.07, 6.45) is 0.958. The van der Waals surface area contributed by atoms with Crippen molar-refractivity contribution in [2.45, 2.75) is 25.5 Å². The second-order valence-electron chi connectivity index (χ2n) is 4.00. The third kappa shape index (κ3) is 3.19. The van der Waals surface area contributed by atoms with Gasteiger partial charge >= 0.3 is 5.97 Å². The lowest BCUT2D eigenvalue weighted by Crippen LogP contribution is -2.51. The van der Waals surface area contributed by atoms with Crippen LogP contribution in [0.3, 0.4) is 0 Å². The van der Waals surface area contributed by atoms with E-state index < -0.39 is 33.0 Å².